The van der Waals surface area contributed by atoms with Gasteiger partial charge >= 0.3 is 5.97 Å². The number of nitrogens with one attached hydrogen (secondary N) is 1. The van der Waals surface area contributed by atoms with Crippen molar-refractivity contribution in [3.05, 3.63) is 53.6 Å². The van der Waals surface area contributed by atoms with Crippen molar-refractivity contribution in [1.82, 2.24) is 10.2 Å². The second kappa shape index (κ2) is 11.7. The van der Waals surface area contributed by atoms with E-state index in [0.717, 1.165) is 30.4 Å². The number of aromatic nitrogens is 2. The first-order valence-electron chi connectivity index (χ1n) is 12.0. The van der Waals surface area contributed by atoms with Crippen LogP contribution in [0.1, 0.15) is 65.4 Å². The fourth-order valence-electron chi connectivity index (χ4n) is 3.85. The van der Waals surface area contributed by atoms with Crippen LogP contribution in [-0.4, -0.2) is 40.4 Å². The van der Waals surface area contributed by atoms with Crippen LogP contribution in [0.4, 0.5) is 5.13 Å². The standard InChI is InChI=1S/C27H35N3O4S/c1-6-7-16-27(33-5)17-8-9-21(18-27)23(32)28-25-30-29-24(35-25)20-13-10-19(11-14-20)12-15-22(31)34-26(2,3)4/h8-11,13-14,17H,6-7,12,15-16,18H2,1-5H3,(H,28,30,32). The van der Waals surface area contributed by atoms with Crippen LogP contribution in [0, 0.1) is 0 Å². The van der Waals surface area contributed by atoms with Crippen LogP contribution in [0.15, 0.2) is 48.1 Å². The minimum absolute atomic E-state index is 0.188. The van der Waals surface area contributed by atoms with E-state index in [1.807, 2.05) is 63.3 Å². The minimum Gasteiger partial charge on any atom is -0.460 e. The lowest BCUT2D eigenvalue weighted by Gasteiger charge is -2.32. The van der Waals surface area contributed by atoms with Crippen LogP contribution < -0.4 is 5.32 Å². The molecule has 1 unspecified atom stereocenters. The number of amides is 1. The molecule has 188 valence electrons. The molecule has 3 rings (SSSR count). The summed E-state index contributed by atoms with van der Waals surface area (Å²) >= 11 is 1.32. The molecule has 8 heteroatoms. The normalized spacial score (nSPS) is 17.7. The molecule has 1 aromatic heterocycles. The summed E-state index contributed by atoms with van der Waals surface area (Å²) in [4.78, 5) is 24.8. The van der Waals surface area contributed by atoms with E-state index in [0.29, 0.717) is 35.0 Å². The molecular formula is C27H35N3O4S. The summed E-state index contributed by atoms with van der Waals surface area (Å²) in [5.41, 5.74) is 1.70. The molecule has 0 spiro atoms. The summed E-state index contributed by atoms with van der Waals surface area (Å²) in [7, 11) is 1.70. The predicted octanol–water partition coefficient (Wildman–Crippen LogP) is 5.88. The van der Waals surface area contributed by atoms with Gasteiger partial charge in [-0.25, -0.2) is 0 Å². The van der Waals surface area contributed by atoms with Crippen LogP contribution >= 0.6 is 11.3 Å². The topological polar surface area (TPSA) is 90.4 Å². The number of aryl methyl sites for hydroxylation is 1. The van der Waals surface area contributed by atoms with Crippen molar-refractivity contribution in [2.24, 2.45) is 0 Å². The number of ether oxygens (including phenoxy) is 2. The lowest BCUT2D eigenvalue weighted by molar-refractivity contribution is -0.154. The number of nitrogens with zero attached hydrogens (tertiary/aromatic N) is 2. The molecule has 0 radical (unpaired) electrons. The first-order chi connectivity index (χ1) is 16.6. The van der Waals surface area contributed by atoms with Crippen LogP contribution in [0.5, 0.6) is 0 Å². The molecule has 0 fully saturated rings. The van der Waals surface area contributed by atoms with Gasteiger partial charge in [0.05, 0.1) is 5.60 Å². The first-order valence-corrected chi connectivity index (χ1v) is 12.8. The number of allylic oxidation sites excluding steroid dienone is 2. The molecule has 0 bridgehead atoms. The predicted molar refractivity (Wildman–Crippen MR) is 139 cm³/mol. The molecule has 1 aliphatic carbocycles. The smallest absolute Gasteiger partial charge is 0.306 e. The molecule has 1 heterocycles. The Labute approximate surface area is 211 Å². The maximum Gasteiger partial charge on any atom is 0.306 e. The molecule has 0 aliphatic heterocycles. The molecular weight excluding hydrogens is 462 g/mol. The van der Waals surface area contributed by atoms with Crippen LogP contribution in [0.2, 0.25) is 0 Å². The summed E-state index contributed by atoms with van der Waals surface area (Å²) in [6.07, 6.45) is 10.2. The highest BCUT2D eigenvalue weighted by Crippen LogP contribution is 2.33. The number of esters is 1. The van der Waals surface area contributed by atoms with Crippen LogP contribution in [0.3, 0.4) is 0 Å². The Morgan fingerprint density at radius 1 is 1.17 bits per heavy atom. The van der Waals surface area contributed by atoms with Gasteiger partial charge in [-0.1, -0.05) is 73.6 Å². The minimum atomic E-state index is -0.474. The maximum atomic E-state index is 12.9. The average molecular weight is 498 g/mol. The van der Waals surface area contributed by atoms with Crippen molar-refractivity contribution in [3.8, 4) is 10.6 Å². The summed E-state index contributed by atoms with van der Waals surface area (Å²) < 4.78 is 11.1. The number of rotatable bonds is 10. The fourth-order valence-corrected chi connectivity index (χ4v) is 4.59. The van der Waals surface area contributed by atoms with E-state index in [1.54, 1.807) is 7.11 Å². The van der Waals surface area contributed by atoms with Crippen molar-refractivity contribution in [3.63, 3.8) is 0 Å². The molecule has 0 saturated heterocycles. The van der Waals surface area contributed by atoms with E-state index in [2.05, 4.69) is 22.4 Å². The van der Waals surface area contributed by atoms with E-state index in [1.165, 1.54) is 11.3 Å². The monoisotopic (exact) mass is 497 g/mol. The summed E-state index contributed by atoms with van der Waals surface area (Å²) in [6.45, 7) is 7.73. The van der Waals surface area contributed by atoms with Gasteiger partial charge < -0.3 is 9.47 Å². The van der Waals surface area contributed by atoms with Gasteiger partial charge in [0.15, 0.2) is 0 Å². The Bertz CT molecular complexity index is 1080. The van der Waals surface area contributed by atoms with Crippen LogP contribution in [-0.2, 0) is 25.5 Å². The third-order valence-corrected chi connectivity index (χ3v) is 6.61. The van der Waals surface area contributed by atoms with Gasteiger partial charge in [-0.2, -0.15) is 0 Å². The van der Waals surface area contributed by atoms with E-state index >= 15 is 0 Å². The van der Waals surface area contributed by atoms with Crippen molar-refractivity contribution in [1.29, 1.82) is 0 Å². The zero-order valence-electron chi connectivity index (χ0n) is 21.2. The van der Waals surface area contributed by atoms with Crippen LogP contribution in [0.25, 0.3) is 10.6 Å². The van der Waals surface area contributed by atoms with Crippen molar-refractivity contribution < 1.29 is 19.1 Å². The number of unbranched alkanes of at least 4 members (excludes halogenated alkanes) is 1. The molecule has 0 saturated carbocycles. The van der Waals surface area contributed by atoms with Gasteiger partial charge in [-0.05, 0) is 39.2 Å². The Morgan fingerprint density at radius 3 is 2.57 bits per heavy atom. The second-order valence-corrected chi connectivity index (χ2v) is 10.7. The Hall–Kier alpha value is -2.84. The summed E-state index contributed by atoms with van der Waals surface area (Å²) in [6, 6.07) is 7.84. The van der Waals surface area contributed by atoms with Gasteiger partial charge in [0, 0.05) is 31.1 Å². The average Bonchev–Trinajstić information content (AvgIpc) is 3.29. The first kappa shape index (κ1) is 26.8. The summed E-state index contributed by atoms with van der Waals surface area (Å²) in [5.74, 6) is -0.393. The van der Waals surface area contributed by atoms with Gasteiger partial charge in [-0.3, -0.25) is 14.9 Å². The van der Waals surface area contributed by atoms with Gasteiger partial charge in [-0.15, -0.1) is 10.2 Å². The van der Waals surface area contributed by atoms with E-state index in [4.69, 9.17) is 9.47 Å². The van der Waals surface area contributed by atoms with E-state index in [-0.39, 0.29) is 11.9 Å². The molecule has 7 nitrogen and oxygen atoms in total. The van der Waals surface area contributed by atoms with E-state index in [9.17, 15) is 9.59 Å². The number of anilines is 1. The second-order valence-electron chi connectivity index (χ2n) is 9.75. The Morgan fingerprint density at radius 2 is 1.91 bits per heavy atom. The summed E-state index contributed by atoms with van der Waals surface area (Å²) in [5, 5.41) is 12.4. The molecule has 1 N–H and O–H groups in total. The Balaban J connectivity index is 1.57. The lowest BCUT2D eigenvalue weighted by atomic mass is 9.85. The zero-order valence-corrected chi connectivity index (χ0v) is 22.0. The van der Waals surface area contributed by atoms with Crippen molar-refractivity contribution in [2.75, 3.05) is 12.4 Å². The molecule has 1 amide bonds. The lowest BCUT2D eigenvalue weighted by Crippen LogP contribution is -2.33. The molecule has 1 aliphatic rings. The maximum absolute atomic E-state index is 12.9. The van der Waals surface area contributed by atoms with Crippen molar-refractivity contribution >= 4 is 28.3 Å². The van der Waals surface area contributed by atoms with Crippen molar-refractivity contribution in [2.45, 2.75) is 77.4 Å². The zero-order chi connectivity index (χ0) is 25.5. The molecule has 1 atom stereocenters. The quantitative estimate of drug-likeness (QED) is 0.412. The van der Waals surface area contributed by atoms with Gasteiger partial charge in [0.25, 0.3) is 5.91 Å². The largest absolute Gasteiger partial charge is 0.460 e. The number of carbonyl (C=O) groups excluding carboxylic acids is 2. The molecule has 2 aromatic rings. The number of carbonyl (C=O) groups is 2. The van der Waals surface area contributed by atoms with Gasteiger partial charge in [0.2, 0.25) is 5.13 Å². The third kappa shape index (κ3) is 7.83. The molecule has 35 heavy (non-hydrogen) atoms. The van der Waals surface area contributed by atoms with E-state index < -0.39 is 11.2 Å². The molecule has 1 aromatic carbocycles. The highest BCUT2D eigenvalue weighted by molar-refractivity contribution is 7.18. The highest BCUT2D eigenvalue weighted by Gasteiger charge is 2.31. The van der Waals surface area contributed by atoms with Gasteiger partial charge in [0.1, 0.15) is 10.6 Å². The highest BCUT2D eigenvalue weighted by atomic mass is 32.1. The fraction of sp³-hybridized carbons (Fsp3) is 0.481. The number of hydrogen-bond donors (Lipinski definition) is 1. The SMILES string of the molecule is CCCCC1(OC)C=CC=C(C(=O)Nc2nnc(-c3ccc(CCC(=O)OC(C)(C)C)cc3)s2)C1. The Kier molecular flexibility index (Phi) is 8.97. The number of hydrogen-bond acceptors (Lipinski definition) is 7. The third-order valence-electron chi connectivity index (χ3n) is 5.72. The number of benzene rings is 1. The number of methoxy groups -OCH3 is 1.